The highest BCUT2D eigenvalue weighted by Crippen LogP contribution is 2.20. The molecule has 26 heavy (non-hydrogen) atoms. The molecule has 1 saturated heterocycles. The molecule has 0 aliphatic carbocycles. The summed E-state index contributed by atoms with van der Waals surface area (Å²) in [4.78, 5) is 26.9. The molecular formula is C21H31BrN2O2. The molecule has 1 N–H and O–H groups in total. The summed E-state index contributed by atoms with van der Waals surface area (Å²) in [6.07, 6.45) is 7.46. The molecule has 1 aliphatic rings. The van der Waals surface area contributed by atoms with Crippen molar-refractivity contribution in [3.8, 4) is 0 Å². The fraction of sp³-hybridized carbons (Fsp3) is 0.619. The van der Waals surface area contributed by atoms with Crippen molar-refractivity contribution in [3.05, 3.63) is 34.3 Å². The fourth-order valence-corrected chi connectivity index (χ4v) is 3.69. The molecule has 1 atom stereocenters. The van der Waals surface area contributed by atoms with Crippen LogP contribution in [0, 0.1) is 5.92 Å². The van der Waals surface area contributed by atoms with E-state index in [0.717, 1.165) is 23.7 Å². The van der Waals surface area contributed by atoms with Crippen LogP contribution in [0.1, 0.15) is 69.2 Å². The maximum atomic E-state index is 12.5. The van der Waals surface area contributed by atoms with Crippen molar-refractivity contribution in [1.82, 2.24) is 10.2 Å². The van der Waals surface area contributed by atoms with Gasteiger partial charge in [-0.15, -0.1) is 0 Å². The van der Waals surface area contributed by atoms with Gasteiger partial charge in [-0.2, -0.15) is 0 Å². The van der Waals surface area contributed by atoms with Crippen LogP contribution >= 0.6 is 15.9 Å². The number of benzene rings is 1. The molecule has 1 unspecified atom stereocenters. The van der Waals surface area contributed by atoms with E-state index in [1.54, 1.807) is 0 Å². The summed E-state index contributed by atoms with van der Waals surface area (Å²) in [6.45, 7) is 5.60. The van der Waals surface area contributed by atoms with Crippen molar-refractivity contribution in [1.29, 1.82) is 0 Å². The number of halogens is 1. The minimum absolute atomic E-state index is 0.0297. The fourth-order valence-electron chi connectivity index (χ4n) is 3.43. The largest absolute Gasteiger partial charge is 0.353 e. The molecule has 144 valence electrons. The summed E-state index contributed by atoms with van der Waals surface area (Å²) >= 11 is 3.39. The molecule has 2 rings (SSSR count). The number of piperidine rings is 1. The van der Waals surface area contributed by atoms with Crippen LogP contribution < -0.4 is 5.32 Å². The van der Waals surface area contributed by atoms with Gasteiger partial charge in [-0.25, -0.2) is 0 Å². The first kappa shape index (κ1) is 20.9. The molecule has 0 bridgehead atoms. The number of nitrogens with one attached hydrogen (secondary N) is 1. The number of hydrogen-bond donors (Lipinski definition) is 1. The Hall–Kier alpha value is -1.36. The standard InChI is InChI=1S/C21H31BrN2O2/c1-3-4-5-6-7-16(2)23-20(25)17-12-14-24(15-13-17)21(26)18-8-10-19(22)11-9-18/h8-11,16-17H,3-7,12-15H2,1-2H3,(H,23,25). The van der Waals surface area contributed by atoms with Gasteiger partial charge in [0.2, 0.25) is 5.91 Å². The maximum Gasteiger partial charge on any atom is 0.253 e. The normalized spacial score (nSPS) is 16.3. The maximum absolute atomic E-state index is 12.5. The van der Waals surface area contributed by atoms with Crippen molar-refractivity contribution in [2.45, 2.75) is 64.8 Å². The summed E-state index contributed by atoms with van der Waals surface area (Å²) in [5, 5.41) is 3.16. The van der Waals surface area contributed by atoms with E-state index >= 15 is 0 Å². The molecule has 2 amide bonds. The molecule has 1 heterocycles. The van der Waals surface area contributed by atoms with Crippen LogP contribution in [0.2, 0.25) is 0 Å². The summed E-state index contributed by atoms with van der Waals surface area (Å²) in [5.41, 5.74) is 0.705. The highest BCUT2D eigenvalue weighted by molar-refractivity contribution is 9.10. The Labute approximate surface area is 165 Å². The highest BCUT2D eigenvalue weighted by atomic mass is 79.9. The van der Waals surface area contributed by atoms with E-state index in [1.807, 2.05) is 29.2 Å². The van der Waals surface area contributed by atoms with Gasteiger partial charge in [0.25, 0.3) is 5.91 Å². The van der Waals surface area contributed by atoms with Crippen molar-refractivity contribution in [2.24, 2.45) is 5.92 Å². The van der Waals surface area contributed by atoms with E-state index < -0.39 is 0 Å². The van der Waals surface area contributed by atoms with Crippen molar-refractivity contribution in [3.63, 3.8) is 0 Å². The van der Waals surface area contributed by atoms with Crippen LogP contribution in [0.25, 0.3) is 0 Å². The Kier molecular flexibility index (Phi) is 8.63. The lowest BCUT2D eigenvalue weighted by atomic mass is 9.95. The number of rotatable bonds is 8. The third-order valence-corrected chi connectivity index (χ3v) is 5.65. The predicted octanol–water partition coefficient (Wildman–Crippen LogP) is 4.78. The zero-order valence-corrected chi connectivity index (χ0v) is 17.6. The van der Waals surface area contributed by atoms with E-state index in [2.05, 4.69) is 35.1 Å². The van der Waals surface area contributed by atoms with E-state index in [9.17, 15) is 9.59 Å². The SMILES string of the molecule is CCCCCCC(C)NC(=O)C1CCN(C(=O)c2ccc(Br)cc2)CC1. The number of likely N-dealkylation sites (tertiary alicyclic amines) is 1. The predicted molar refractivity (Wildman–Crippen MR) is 109 cm³/mol. The second-order valence-corrected chi connectivity index (χ2v) is 8.25. The lowest BCUT2D eigenvalue weighted by molar-refractivity contribution is -0.126. The first-order chi connectivity index (χ1) is 12.5. The highest BCUT2D eigenvalue weighted by Gasteiger charge is 2.28. The molecule has 4 nitrogen and oxygen atoms in total. The van der Waals surface area contributed by atoms with Gasteiger partial charge in [0, 0.05) is 35.1 Å². The molecule has 0 saturated carbocycles. The van der Waals surface area contributed by atoms with Gasteiger partial charge in [-0.1, -0.05) is 48.5 Å². The minimum Gasteiger partial charge on any atom is -0.353 e. The lowest BCUT2D eigenvalue weighted by Gasteiger charge is -2.32. The molecule has 1 fully saturated rings. The first-order valence-electron chi connectivity index (χ1n) is 9.86. The van der Waals surface area contributed by atoms with Crippen LogP contribution in [-0.2, 0) is 4.79 Å². The molecule has 0 radical (unpaired) electrons. The third-order valence-electron chi connectivity index (χ3n) is 5.12. The Morgan fingerprint density at radius 1 is 1.15 bits per heavy atom. The van der Waals surface area contributed by atoms with Gasteiger partial charge in [0.15, 0.2) is 0 Å². The zero-order chi connectivity index (χ0) is 18.9. The van der Waals surface area contributed by atoms with E-state index in [0.29, 0.717) is 18.7 Å². The van der Waals surface area contributed by atoms with Crippen molar-refractivity contribution >= 4 is 27.7 Å². The van der Waals surface area contributed by atoms with Crippen LogP contribution in [0.15, 0.2) is 28.7 Å². The van der Waals surface area contributed by atoms with Crippen LogP contribution in [0.3, 0.4) is 0 Å². The Morgan fingerprint density at radius 3 is 2.42 bits per heavy atom. The smallest absolute Gasteiger partial charge is 0.253 e. The van der Waals surface area contributed by atoms with Gasteiger partial charge in [0.1, 0.15) is 0 Å². The number of nitrogens with zero attached hydrogens (tertiary/aromatic N) is 1. The monoisotopic (exact) mass is 422 g/mol. The topological polar surface area (TPSA) is 49.4 Å². The van der Waals surface area contributed by atoms with Gasteiger partial charge in [-0.3, -0.25) is 9.59 Å². The third kappa shape index (κ3) is 6.42. The van der Waals surface area contributed by atoms with Crippen LogP contribution in [0.5, 0.6) is 0 Å². The summed E-state index contributed by atoms with van der Waals surface area (Å²) < 4.78 is 0.966. The van der Waals surface area contributed by atoms with Gasteiger partial charge in [0.05, 0.1) is 0 Å². The molecular weight excluding hydrogens is 392 g/mol. The van der Waals surface area contributed by atoms with Crippen LogP contribution in [0.4, 0.5) is 0 Å². The van der Waals surface area contributed by atoms with E-state index in [1.165, 1.54) is 25.7 Å². The van der Waals surface area contributed by atoms with E-state index in [4.69, 9.17) is 0 Å². The van der Waals surface area contributed by atoms with Crippen LogP contribution in [-0.4, -0.2) is 35.8 Å². The van der Waals surface area contributed by atoms with Crippen molar-refractivity contribution < 1.29 is 9.59 Å². The Balaban J connectivity index is 1.74. The summed E-state index contributed by atoms with van der Waals surface area (Å²) in [5.74, 6) is 0.242. The van der Waals surface area contributed by atoms with Gasteiger partial charge in [-0.05, 0) is 50.5 Å². The molecule has 5 heteroatoms. The average molecular weight is 423 g/mol. The molecule has 1 aliphatic heterocycles. The van der Waals surface area contributed by atoms with Gasteiger partial charge >= 0.3 is 0 Å². The number of hydrogen-bond acceptors (Lipinski definition) is 2. The number of unbranched alkanes of at least 4 members (excludes halogenated alkanes) is 3. The Bertz CT molecular complexity index is 580. The van der Waals surface area contributed by atoms with Gasteiger partial charge < -0.3 is 10.2 Å². The summed E-state index contributed by atoms with van der Waals surface area (Å²) in [7, 11) is 0. The lowest BCUT2D eigenvalue weighted by Crippen LogP contribution is -2.44. The molecule has 0 spiro atoms. The first-order valence-corrected chi connectivity index (χ1v) is 10.7. The average Bonchev–Trinajstić information content (AvgIpc) is 2.65. The minimum atomic E-state index is 0.0297. The molecule has 1 aromatic carbocycles. The molecule has 1 aromatic rings. The zero-order valence-electron chi connectivity index (χ0n) is 16.0. The number of carbonyl (C=O) groups excluding carboxylic acids is 2. The Morgan fingerprint density at radius 2 is 1.81 bits per heavy atom. The van der Waals surface area contributed by atoms with E-state index in [-0.39, 0.29) is 23.8 Å². The number of amides is 2. The quantitative estimate of drug-likeness (QED) is 0.612. The van der Waals surface area contributed by atoms with Crippen molar-refractivity contribution in [2.75, 3.05) is 13.1 Å². The second-order valence-electron chi connectivity index (χ2n) is 7.33. The summed E-state index contributed by atoms with van der Waals surface area (Å²) in [6, 6.07) is 7.68. The number of carbonyl (C=O) groups is 2. The molecule has 0 aromatic heterocycles. The second kappa shape index (κ2) is 10.7.